The fourth-order valence-electron chi connectivity index (χ4n) is 3.14. The van der Waals surface area contributed by atoms with Gasteiger partial charge in [0.15, 0.2) is 0 Å². The van der Waals surface area contributed by atoms with Gasteiger partial charge in [-0.15, -0.1) is 5.10 Å². The van der Waals surface area contributed by atoms with Crippen molar-refractivity contribution in [2.45, 2.75) is 45.1 Å². The Labute approximate surface area is 117 Å². The van der Waals surface area contributed by atoms with Crippen molar-refractivity contribution in [2.24, 2.45) is 5.92 Å². The van der Waals surface area contributed by atoms with Gasteiger partial charge in [-0.3, -0.25) is 0 Å². The van der Waals surface area contributed by atoms with Crippen LogP contribution >= 0.6 is 0 Å². The molecule has 0 saturated heterocycles. The summed E-state index contributed by atoms with van der Waals surface area (Å²) in [6.45, 7) is 2.25. The molecule has 1 aliphatic rings. The third kappa shape index (κ3) is 2.28. The smallest absolute Gasteiger partial charge is 0.335 e. The quantitative estimate of drug-likeness (QED) is 0.931. The lowest BCUT2D eigenvalue weighted by Gasteiger charge is -2.27. The SMILES string of the molecule is CCC1CCC(n2nnc3cc(C(=O)O)ccc32)CC1. The second-order valence-corrected chi connectivity index (χ2v) is 5.63. The molecule has 106 valence electrons. The minimum Gasteiger partial charge on any atom is -0.478 e. The van der Waals surface area contributed by atoms with E-state index < -0.39 is 5.97 Å². The Morgan fingerprint density at radius 2 is 2.10 bits per heavy atom. The van der Waals surface area contributed by atoms with E-state index in [1.165, 1.54) is 19.3 Å². The lowest BCUT2D eigenvalue weighted by Crippen LogP contribution is -2.18. The predicted octanol–water partition coefficient (Wildman–Crippen LogP) is 3.27. The molecule has 5 nitrogen and oxygen atoms in total. The first-order valence-corrected chi connectivity index (χ1v) is 7.27. The van der Waals surface area contributed by atoms with Gasteiger partial charge in [0.05, 0.1) is 17.1 Å². The molecule has 5 heteroatoms. The van der Waals surface area contributed by atoms with E-state index in [0.29, 0.717) is 11.6 Å². The van der Waals surface area contributed by atoms with Crippen LogP contribution in [0.25, 0.3) is 11.0 Å². The number of hydrogen-bond acceptors (Lipinski definition) is 3. The van der Waals surface area contributed by atoms with Gasteiger partial charge in [0.2, 0.25) is 0 Å². The van der Waals surface area contributed by atoms with E-state index in [2.05, 4.69) is 17.2 Å². The van der Waals surface area contributed by atoms with Gasteiger partial charge in [0.25, 0.3) is 0 Å². The Bertz CT molecular complexity index is 627. The highest BCUT2D eigenvalue weighted by Crippen LogP contribution is 2.34. The van der Waals surface area contributed by atoms with E-state index in [1.54, 1.807) is 12.1 Å². The van der Waals surface area contributed by atoms with Crippen molar-refractivity contribution in [3.63, 3.8) is 0 Å². The molecule has 0 bridgehead atoms. The monoisotopic (exact) mass is 273 g/mol. The molecule has 1 fully saturated rings. The molecular formula is C15H19N3O2. The maximum absolute atomic E-state index is 11.0. The standard InChI is InChI=1S/C15H19N3O2/c1-2-10-3-6-12(7-4-10)18-14-8-5-11(15(19)20)9-13(14)16-17-18/h5,8-10,12H,2-4,6-7H2,1H3,(H,19,20). The Balaban J connectivity index is 1.88. The zero-order chi connectivity index (χ0) is 14.1. The van der Waals surface area contributed by atoms with Crippen LogP contribution in [0.3, 0.4) is 0 Å². The molecule has 1 aromatic heterocycles. The second kappa shape index (κ2) is 5.23. The fraction of sp³-hybridized carbons (Fsp3) is 0.533. The van der Waals surface area contributed by atoms with Crippen LogP contribution in [-0.2, 0) is 0 Å². The molecule has 0 radical (unpaired) electrons. The molecule has 1 N–H and O–H groups in total. The van der Waals surface area contributed by atoms with Gasteiger partial charge in [-0.2, -0.15) is 0 Å². The third-order valence-corrected chi connectivity index (χ3v) is 4.46. The molecule has 1 saturated carbocycles. The second-order valence-electron chi connectivity index (χ2n) is 5.63. The summed E-state index contributed by atoms with van der Waals surface area (Å²) in [7, 11) is 0. The Kier molecular flexibility index (Phi) is 3.42. The Hall–Kier alpha value is -1.91. The first-order chi connectivity index (χ1) is 9.69. The zero-order valence-corrected chi connectivity index (χ0v) is 11.6. The zero-order valence-electron chi connectivity index (χ0n) is 11.6. The molecule has 1 aliphatic carbocycles. The van der Waals surface area contributed by atoms with Gasteiger partial charge >= 0.3 is 5.97 Å². The lowest BCUT2D eigenvalue weighted by molar-refractivity contribution is 0.0697. The van der Waals surface area contributed by atoms with Crippen LogP contribution in [0.15, 0.2) is 18.2 Å². The minimum atomic E-state index is -0.926. The Morgan fingerprint density at radius 1 is 1.35 bits per heavy atom. The Morgan fingerprint density at radius 3 is 2.75 bits per heavy atom. The van der Waals surface area contributed by atoms with Crippen molar-refractivity contribution in [2.75, 3.05) is 0 Å². The van der Waals surface area contributed by atoms with E-state index in [9.17, 15) is 4.79 Å². The van der Waals surface area contributed by atoms with Crippen LogP contribution in [0.2, 0.25) is 0 Å². The number of aromatic nitrogens is 3. The molecule has 1 heterocycles. The normalized spacial score (nSPS) is 23.1. The number of carbonyl (C=O) groups is 1. The molecule has 0 amide bonds. The highest BCUT2D eigenvalue weighted by atomic mass is 16.4. The molecule has 0 unspecified atom stereocenters. The van der Waals surface area contributed by atoms with Gasteiger partial charge in [0.1, 0.15) is 5.52 Å². The summed E-state index contributed by atoms with van der Waals surface area (Å²) < 4.78 is 1.98. The first kappa shape index (κ1) is 13.1. The summed E-state index contributed by atoms with van der Waals surface area (Å²) in [6.07, 6.45) is 6.02. The molecule has 3 rings (SSSR count). The molecule has 20 heavy (non-hydrogen) atoms. The van der Waals surface area contributed by atoms with E-state index >= 15 is 0 Å². The van der Waals surface area contributed by atoms with Crippen molar-refractivity contribution >= 4 is 17.0 Å². The number of fused-ring (bicyclic) bond motifs is 1. The summed E-state index contributed by atoms with van der Waals surface area (Å²) in [6, 6.07) is 5.45. The van der Waals surface area contributed by atoms with Crippen molar-refractivity contribution in [3.8, 4) is 0 Å². The summed E-state index contributed by atoms with van der Waals surface area (Å²) in [5, 5.41) is 17.4. The first-order valence-electron chi connectivity index (χ1n) is 7.27. The molecular weight excluding hydrogens is 254 g/mol. The summed E-state index contributed by atoms with van der Waals surface area (Å²) in [5.41, 5.74) is 1.87. The van der Waals surface area contributed by atoms with Crippen LogP contribution in [0.5, 0.6) is 0 Å². The van der Waals surface area contributed by atoms with Crippen molar-refractivity contribution < 1.29 is 9.90 Å². The maximum Gasteiger partial charge on any atom is 0.335 e. The van der Waals surface area contributed by atoms with Gasteiger partial charge in [0, 0.05) is 0 Å². The number of carboxylic acids is 1. The van der Waals surface area contributed by atoms with Crippen LogP contribution < -0.4 is 0 Å². The fourth-order valence-corrected chi connectivity index (χ4v) is 3.14. The van der Waals surface area contributed by atoms with E-state index in [-0.39, 0.29) is 5.56 Å². The largest absolute Gasteiger partial charge is 0.478 e. The number of hydrogen-bond donors (Lipinski definition) is 1. The van der Waals surface area contributed by atoms with Crippen molar-refractivity contribution in [1.29, 1.82) is 0 Å². The van der Waals surface area contributed by atoms with Gasteiger partial charge in [-0.1, -0.05) is 18.6 Å². The highest BCUT2D eigenvalue weighted by Gasteiger charge is 2.23. The lowest BCUT2D eigenvalue weighted by atomic mass is 9.84. The predicted molar refractivity (Wildman–Crippen MR) is 75.8 cm³/mol. The maximum atomic E-state index is 11.0. The summed E-state index contributed by atoms with van der Waals surface area (Å²) in [4.78, 5) is 11.0. The summed E-state index contributed by atoms with van der Waals surface area (Å²) >= 11 is 0. The molecule has 2 aromatic rings. The summed E-state index contributed by atoms with van der Waals surface area (Å²) in [5.74, 6) is -0.0791. The topological polar surface area (TPSA) is 68.0 Å². The molecule has 0 atom stereocenters. The number of rotatable bonds is 3. The van der Waals surface area contributed by atoms with Crippen molar-refractivity contribution in [1.82, 2.24) is 15.0 Å². The van der Waals surface area contributed by atoms with Gasteiger partial charge < -0.3 is 5.11 Å². The highest BCUT2D eigenvalue weighted by molar-refractivity contribution is 5.92. The number of benzene rings is 1. The molecule has 0 aliphatic heterocycles. The van der Waals surface area contributed by atoms with Gasteiger partial charge in [-0.05, 0) is 49.8 Å². The van der Waals surface area contributed by atoms with Crippen LogP contribution in [0.1, 0.15) is 55.4 Å². The van der Waals surface area contributed by atoms with Crippen molar-refractivity contribution in [3.05, 3.63) is 23.8 Å². The average Bonchev–Trinajstić information content (AvgIpc) is 2.90. The third-order valence-electron chi connectivity index (χ3n) is 4.46. The number of carboxylic acid groups (broad SMARTS) is 1. The van der Waals surface area contributed by atoms with E-state index in [0.717, 1.165) is 24.3 Å². The molecule has 1 aromatic carbocycles. The van der Waals surface area contributed by atoms with Gasteiger partial charge in [-0.25, -0.2) is 9.48 Å². The van der Waals surface area contributed by atoms with Crippen LogP contribution in [0, 0.1) is 5.92 Å². The van der Waals surface area contributed by atoms with E-state index in [1.807, 2.05) is 10.7 Å². The average molecular weight is 273 g/mol. The number of nitrogens with zero attached hydrogens (tertiary/aromatic N) is 3. The van der Waals surface area contributed by atoms with E-state index in [4.69, 9.17) is 5.11 Å². The van der Waals surface area contributed by atoms with Crippen LogP contribution in [-0.4, -0.2) is 26.1 Å². The number of aromatic carboxylic acids is 1. The van der Waals surface area contributed by atoms with Crippen LogP contribution in [0.4, 0.5) is 0 Å². The minimum absolute atomic E-state index is 0.263. The molecule has 0 spiro atoms.